The summed E-state index contributed by atoms with van der Waals surface area (Å²) >= 11 is 3.22. The molecule has 0 aromatic carbocycles. The molecule has 80 valence electrons. The molecule has 2 rings (SSSR count). The summed E-state index contributed by atoms with van der Waals surface area (Å²) in [6.45, 7) is 2.25. The van der Waals surface area contributed by atoms with Crippen LogP contribution >= 0.6 is 15.9 Å². The number of rotatable bonds is 3. The lowest BCUT2D eigenvalue weighted by atomic mass is 10.2. The van der Waals surface area contributed by atoms with E-state index in [2.05, 4.69) is 25.9 Å². The fraction of sp³-hybridized carbons (Fsp3) is 0.500. The summed E-state index contributed by atoms with van der Waals surface area (Å²) in [5.74, 6) is 0.0669. The first-order valence-electron chi connectivity index (χ1n) is 4.86. The second kappa shape index (κ2) is 4.26. The molecule has 0 unspecified atom stereocenters. The molecule has 5 heteroatoms. The van der Waals surface area contributed by atoms with Crippen molar-refractivity contribution < 1.29 is 9.53 Å². The van der Waals surface area contributed by atoms with Gasteiger partial charge in [-0.2, -0.15) is 0 Å². The van der Waals surface area contributed by atoms with E-state index >= 15 is 0 Å². The molecule has 0 radical (unpaired) electrons. The molecule has 4 nitrogen and oxygen atoms in total. The van der Waals surface area contributed by atoms with Crippen LogP contribution in [0.15, 0.2) is 17.0 Å². The van der Waals surface area contributed by atoms with Gasteiger partial charge in [-0.05, 0) is 29.3 Å². The molecule has 1 aliphatic rings. The lowest BCUT2D eigenvalue weighted by Crippen LogP contribution is -2.07. The number of ether oxygens (including phenoxy) is 1. The number of carbonyl (C=O) groups is 1. The van der Waals surface area contributed by atoms with Crippen molar-refractivity contribution in [1.82, 2.24) is 9.97 Å². The highest BCUT2D eigenvalue weighted by Crippen LogP contribution is 2.47. The molecule has 0 bridgehead atoms. The van der Waals surface area contributed by atoms with Crippen molar-refractivity contribution in [2.75, 3.05) is 6.61 Å². The van der Waals surface area contributed by atoms with E-state index in [-0.39, 0.29) is 17.8 Å². The molecule has 0 aliphatic heterocycles. The van der Waals surface area contributed by atoms with Gasteiger partial charge < -0.3 is 4.74 Å². The first-order valence-corrected chi connectivity index (χ1v) is 5.65. The first-order chi connectivity index (χ1) is 7.22. The van der Waals surface area contributed by atoms with Crippen molar-refractivity contribution in [2.24, 2.45) is 5.92 Å². The molecule has 1 aromatic rings. The lowest BCUT2D eigenvalue weighted by Gasteiger charge is -2.00. The summed E-state index contributed by atoms with van der Waals surface area (Å²) in [6.07, 6.45) is 4.18. The number of nitrogens with zero attached hydrogens (tertiary/aromatic N) is 2. The smallest absolute Gasteiger partial charge is 0.309 e. The predicted octanol–water partition coefficient (Wildman–Crippen LogP) is 1.91. The van der Waals surface area contributed by atoms with Gasteiger partial charge in [-0.15, -0.1) is 0 Å². The molecule has 15 heavy (non-hydrogen) atoms. The van der Waals surface area contributed by atoms with Gasteiger partial charge in [0.05, 0.1) is 30.6 Å². The van der Waals surface area contributed by atoms with Crippen LogP contribution in [0.5, 0.6) is 0 Å². The minimum Gasteiger partial charge on any atom is -0.466 e. The van der Waals surface area contributed by atoms with Gasteiger partial charge in [0.15, 0.2) is 0 Å². The Kier molecular flexibility index (Phi) is 3.00. The van der Waals surface area contributed by atoms with Gasteiger partial charge in [-0.25, -0.2) is 4.98 Å². The Morgan fingerprint density at radius 3 is 3.00 bits per heavy atom. The molecular formula is C10H11BrN2O2. The van der Waals surface area contributed by atoms with Gasteiger partial charge in [0.2, 0.25) is 0 Å². The molecule has 1 saturated carbocycles. The minimum absolute atomic E-state index is 0.0135. The summed E-state index contributed by atoms with van der Waals surface area (Å²) in [4.78, 5) is 19.7. The van der Waals surface area contributed by atoms with Gasteiger partial charge in [0, 0.05) is 5.92 Å². The van der Waals surface area contributed by atoms with Crippen LogP contribution < -0.4 is 0 Å². The van der Waals surface area contributed by atoms with Crippen LogP contribution in [0.3, 0.4) is 0 Å². The van der Waals surface area contributed by atoms with E-state index in [1.54, 1.807) is 12.4 Å². The molecule has 0 saturated heterocycles. The van der Waals surface area contributed by atoms with Gasteiger partial charge in [-0.3, -0.25) is 9.78 Å². The maximum atomic E-state index is 11.4. The Morgan fingerprint density at radius 1 is 1.60 bits per heavy atom. The number of halogens is 1. The molecule has 1 fully saturated rings. The first kappa shape index (κ1) is 10.5. The van der Waals surface area contributed by atoms with Crippen LogP contribution in [0.2, 0.25) is 0 Å². The van der Waals surface area contributed by atoms with Crippen LogP contribution in [0.25, 0.3) is 0 Å². The van der Waals surface area contributed by atoms with Crippen LogP contribution in [0, 0.1) is 5.92 Å². The zero-order valence-electron chi connectivity index (χ0n) is 8.31. The summed E-state index contributed by atoms with van der Waals surface area (Å²) in [5.41, 5.74) is 0.872. The van der Waals surface area contributed by atoms with E-state index in [1.807, 2.05) is 6.92 Å². The Balaban J connectivity index is 1.98. The maximum absolute atomic E-state index is 11.4. The molecule has 1 aromatic heterocycles. The molecule has 0 spiro atoms. The molecule has 1 heterocycles. The summed E-state index contributed by atoms with van der Waals surface area (Å²) < 4.78 is 5.65. The molecule has 0 N–H and O–H groups in total. The number of aromatic nitrogens is 2. The molecule has 1 aliphatic carbocycles. The highest BCUT2D eigenvalue weighted by molar-refractivity contribution is 9.10. The standard InChI is InChI=1S/C10H11BrN2O2/c1-2-15-10(14)7-3-6(7)8-4-13-9(11)5-12-8/h4-7H,2-3H2,1H3/t6-,7-/m0/s1. The minimum atomic E-state index is -0.118. The van der Waals surface area contributed by atoms with Gasteiger partial charge in [0.25, 0.3) is 0 Å². The normalized spacial score (nSPS) is 23.6. The average molecular weight is 271 g/mol. The van der Waals surface area contributed by atoms with Crippen molar-refractivity contribution >= 4 is 21.9 Å². The topological polar surface area (TPSA) is 52.1 Å². The summed E-state index contributed by atoms with van der Waals surface area (Å²) in [7, 11) is 0. The molecule has 0 amide bonds. The number of hydrogen-bond donors (Lipinski definition) is 0. The highest BCUT2D eigenvalue weighted by atomic mass is 79.9. The third kappa shape index (κ3) is 2.34. The maximum Gasteiger partial charge on any atom is 0.309 e. The fourth-order valence-electron chi connectivity index (χ4n) is 1.55. The molecular weight excluding hydrogens is 260 g/mol. The van der Waals surface area contributed by atoms with Crippen molar-refractivity contribution in [3.05, 3.63) is 22.7 Å². The zero-order valence-corrected chi connectivity index (χ0v) is 9.90. The number of hydrogen-bond acceptors (Lipinski definition) is 4. The van der Waals surface area contributed by atoms with E-state index in [0.717, 1.165) is 12.1 Å². The van der Waals surface area contributed by atoms with Crippen LogP contribution in [0.1, 0.15) is 25.0 Å². The van der Waals surface area contributed by atoms with Gasteiger partial charge >= 0.3 is 5.97 Å². The second-order valence-corrected chi connectivity index (χ2v) is 4.28. The summed E-state index contributed by atoms with van der Waals surface area (Å²) in [5, 5.41) is 0. The van der Waals surface area contributed by atoms with Crippen molar-refractivity contribution in [1.29, 1.82) is 0 Å². The van der Waals surface area contributed by atoms with Crippen LogP contribution in [-0.4, -0.2) is 22.5 Å². The third-order valence-electron chi connectivity index (χ3n) is 2.40. The van der Waals surface area contributed by atoms with Crippen molar-refractivity contribution in [2.45, 2.75) is 19.3 Å². The Hall–Kier alpha value is -0.970. The predicted molar refractivity (Wildman–Crippen MR) is 57.2 cm³/mol. The van der Waals surface area contributed by atoms with Crippen LogP contribution in [0.4, 0.5) is 0 Å². The average Bonchev–Trinajstić information content (AvgIpc) is 2.99. The zero-order chi connectivity index (χ0) is 10.8. The monoisotopic (exact) mass is 270 g/mol. The largest absolute Gasteiger partial charge is 0.466 e. The van der Waals surface area contributed by atoms with E-state index < -0.39 is 0 Å². The molecule has 2 atom stereocenters. The fourth-order valence-corrected chi connectivity index (χ4v) is 1.75. The Bertz CT molecular complexity index is 366. The van der Waals surface area contributed by atoms with E-state index in [9.17, 15) is 4.79 Å². The SMILES string of the molecule is CCOC(=O)[C@H]1C[C@@H]1c1cnc(Br)cn1. The highest BCUT2D eigenvalue weighted by Gasteiger charge is 2.46. The quantitative estimate of drug-likeness (QED) is 0.788. The number of carbonyl (C=O) groups excluding carboxylic acids is 1. The van der Waals surface area contributed by atoms with Gasteiger partial charge in [-0.1, -0.05) is 0 Å². The van der Waals surface area contributed by atoms with E-state index in [4.69, 9.17) is 4.74 Å². The van der Waals surface area contributed by atoms with E-state index in [1.165, 1.54) is 0 Å². The summed E-state index contributed by atoms with van der Waals surface area (Å²) in [6, 6.07) is 0. The Morgan fingerprint density at radius 2 is 2.40 bits per heavy atom. The van der Waals surface area contributed by atoms with Crippen molar-refractivity contribution in [3.63, 3.8) is 0 Å². The second-order valence-electron chi connectivity index (χ2n) is 3.46. The third-order valence-corrected chi connectivity index (χ3v) is 2.81. The Labute approximate surface area is 96.2 Å². The van der Waals surface area contributed by atoms with Crippen molar-refractivity contribution in [3.8, 4) is 0 Å². The van der Waals surface area contributed by atoms with Crippen LogP contribution in [-0.2, 0) is 9.53 Å². The lowest BCUT2D eigenvalue weighted by molar-refractivity contribution is -0.144. The number of esters is 1. The van der Waals surface area contributed by atoms with E-state index in [0.29, 0.717) is 11.2 Å². The van der Waals surface area contributed by atoms with Gasteiger partial charge in [0.1, 0.15) is 4.60 Å².